The second-order valence-corrected chi connectivity index (χ2v) is 11.1. The van der Waals surface area contributed by atoms with E-state index in [0.717, 1.165) is 0 Å². The molecule has 0 saturated carbocycles. The van der Waals surface area contributed by atoms with Gasteiger partial charge in [0.25, 0.3) is 0 Å². The Kier molecular flexibility index (Phi) is 5.63. The number of hydrogen-bond donors (Lipinski definition) is 1. The van der Waals surface area contributed by atoms with E-state index in [1.54, 1.807) is 16.3 Å². The largest absolute Gasteiger partial charge is 0.450 e. The van der Waals surface area contributed by atoms with E-state index in [4.69, 9.17) is 14.4 Å². The van der Waals surface area contributed by atoms with Gasteiger partial charge in [-0.05, 0) is 48.9 Å². The van der Waals surface area contributed by atoms with Gasteiger partial charge in [0.15, 0.2) is 0 Å². The highest BCUT2D eigenvalue weighted by Gasteiger charge is 2.50. The molecule has 1 atom stereocenters. The maximum atomic E-state index is 13.2. The molecule has 0 radical (unpaired) electrons. The minimum atomic E-state index is -3.87. The minimum absolute atomic E-state index is 0.0467. The van der Waals surface area contributed by atoms with Crippen LogP contribution in [0.3, 0.4) is 0 Å². The molecule has 2 aliphatic rings. The molecule has 2 N–H and O–H groups in total. The quantitative estimate of drug-likeness (QED) is 0.254. The number of primary sulfonamides is 1. The average molecular weight is 468 g/mol. The second-order valence-electron chi connectivity index (χ2n) is 7.25. The van der Waals surface area contributed by atoms with Gasteiger partial charge in [-0.3, -0.25) is 19.2 Å². The molecule has 166 valence electrons. The summed E-state index contributed by atoms with van der Waals surface area (Å²) in [6.07, 6.45) is -0.597. The van der Waals surface area contributed by atoms with E-state index in [1.807, 2.05) is 0 Å². The summed E-state index contributed by atoms with van der Waals surface area (Å²) in [5.41, 5.74) is 0.289. The van der Waals surface area contributed by atoms with E-state index in [2.05, 4.69) is 0 Å². The first-order chi connectivity index (χ1) is 14.6. The summed E-state index contributed by atoms with van der Waals surface area (Å²) in [4.78, 5) is 10.8. The van der Waals surface area contributed by atoms with Crippen LogP contribution in [0.2, 0.25) is 0 Å². The van der Waals surface area contributed by atoms with Crippen LogP contribution < -0.4 is 9.88 Å². The number of nitro benzene ring substituents is 1. The Hall–Kier alpha value is -2.34. The number of rotatable bonds is 9. The van der Waals surface area contributed by atoms with Gasteiger partial charge in [0.1, 0.15) is 5.75 Å². The molecule has 4 rings (SSSR count). The van der Waals surface area contributed by atoms with Crippen LogP contribution in [-0.4, -0.2) is 48.9 Å². The van der Waals surface area contributed by atoms with Crippen molar-refractivity contribution in [1.82, 2.24) is 9.34 Å². The summed E-state index contributed by atoms with van der Waals surface area (Å²) in [5, 5.41) is 16.5. The summed E-state index contributed by atoms with van der Waals surface area (Å²) in [6.45, 7) is 4.58. The zero-order chi connectivity index (χ0) is 22.4. The van der Waals surface area contributed by atoms with Crippen LogP contribution in [0.4, 0.5) is 5.69 Å². The Morgan fingerprint density at radius 2 is 1.68 bits per heavy atom. The second kappa shape index (κ2) is 7.97. The zero-order valence-corrected chi connectivity index (χ0v) is 18.3. The molecule has 2 aromatic rings. The average Bonchev–Trinajstić information content (AvgIpc) is 3.59. The number of hydrogen-bond acceptors (Lipinski definition) is 7. The number of nitro groups is 1. The molecule has 2 aliphatic heterocycles. The fourth-order valence-corrected chi connectivity index (χ4v) is 5.88. The Morgan fingerprint density at radius 1 is 1.10 bits per heavy atom. The molecule has 0 bridgehead atoms. The van der Waals surface area contributed by atoms with Gasteiger partial charge in [-0.2, -0.15) is 0 Å². The molecule has 13 heteroatoms. The third-order valence-corrected chi connectivity index (χ3v) is 8.64. The minimum Gasteiger partial charge on any atom is -0.450 e. The van der Waals surface area contributed by atoms with E-state index in [-0.39, 0.29) is 22.1 Å². The summed E-state index contributed by atoms with van der Waals surface area (Å²) < 4.78 is 51.1. The van der Waals surface area contributed by atoms with Crippen LogP contribution in [0, 0.1) is 10.1 Å². The van der Waals surface area contributed by atoms with Crippen LogP contribution in [-0.2, 0) is 19.1 Å². The molecule has 0 aromatic heterocycles. The topological polar surface area (TPSA) is 145 Å². The number of ether oxygens (including phenoxy) is 1. The predicted octanol–water partition coefficient (Wildman–Crippen LogP) is 2.85. The molecule has 0 amide bonds. The maximum absolute atomic E-state index is 13.2. The van der Waals surface area contributed by atoms with Crippen LogP contribution >= 0.6 is 7.67 Å². The van der Waals surface area contributed by atoms with Crippen molar-refractivity contribution in [3.63, 3.8) is 0 Å². The Labute approximate surface area is 179 Å². The number of sulfonamides is 1. The van der Waals surface area contributed by atoms with Crippen LogP contribution in [0.15, 0.2) is 47.4 Å². The Morgan fingerprint density at radius 3 is 2.16 bits per heavy atom. The summed E-state index contributed by atoms with van der Waals surface area (Å²) in [5.74, 6) is 0.148. The lowest BCUT2D eigenvalue weighted by atomic mass is 10.1. The lowest BCUT2D eigenvalue weighted by Gasteiger charge is -2.24. The van der Waals surface area contributed by atoms with E-state index in [1.165, 1.54) is 42.5 Å². The van der Waals surface area contributed by atoms with Gasteiger partial charge in [0.05, 0.1) is 15.9 Å². The van der Waals surface area contributed by atoms with Gasteiger partial charge in [0, 0.05) is 32.2 Å². The molecule has 2 aromatic carbocycles. The predicted molar refractivity (Wildman–Crippen MR) is 111 cm³/mol. The molecule has 0 spiro atoms. The first-order valence-electron chi connectivity index (χ1n) is 9.46. The van der Waals surface area contributed by atoms with Gasteiger partial charge < -0.3 is 4.74 Å². The van der Waals surface area contributed by atoms with Crippen molar-refractivity contribution in [2.24, 2.45) is 5.14 Å². The lowest BCUT2D eigenvalue weighted by Crippen LogP contribution is -2.11. The summed E-state index contributed by atoms with van der Waals surface area (Å²) in [6, 6.07) is 9.49. The highest BCUT2D eigenvalue weighted by Crippen LogP contribution is 2.63. The van der Waals surface area contributed by atoms with Gasteiger partial charge in [-0.15, -0.1) is 0 Å². The zero-order valence-electron chi connectivity index (χ0n) is 16.6. The molecular formula is C18H21N4O7PS. The number of nitrogens with zero attached hydrogens (tertiary/aromatic N) is 3. The van der Waals surface area contributed by atoms with Crippen LogP contribution in [0.5, 0.6) is 11.5 Å². The van der Waals surface area contributed by atoms with Crippen molar-refractivity contribution in [2.45, 2.75) is 17.9 Å². The standard InChI is InChI=1S/C18H21N4O7PS/c1-13(29-30(25,20-8-9-20)21-10-11-21)14-2-7-17(22(23)24)18(12-14)28-15-3-5-16(6-4-15)31(19,26)27/h2-7,12-13H,8-11H2,1H3,(H2,19,26,27). The molecule has 2 fully saturated rings. The molecule has 2 heterocycles. The van der Waals surface area contributed by atoms with E-state index in [9.17, 15) is 23.1 Å². The van der Waals surface area contributed by atoms with E-state index >= 15 is 0 Å². The fourth-order valence-electron chi connectivity index (χ4n) is 3.01. The third-order valence-electron chi connectivity index (χ3n) is 4.89. The van der Waals surface area contributed by atoms with Crippen molar-refractivity contribution < 1.29 is 27.2 Å². The highest BCUT2D eigenvalue weighted by molar-refractivity contribution is 7.89. The van der Waals surface area contributed by atoms with E-state index in [0.29, 0.717) is 31.7 Å². The Balaban J connectivity index is 1.59. The summed E-state index contributed by atoms with van der Waals surface area (Å²) >= 11 is 0. The smallest absolute Gasteiger partial charge is 0.346 e. The molecule has 11 nitrogen and oxygen atoms in total. The molecular weight excluding hydrogens is 447 g/mol. The number of nitrogens with two attached hydrogens (primary N) is 1. The maximum Gasteiger partial charge on any atom is 0.346 e. The lowest BCUT2D eigenvalue weighted by molar-refractivity contribution is -0.385. The van der Waals surface area contributed by atoms with E-state index < -0.39 is 28.7 Å². The fraction of sp³-hybridized carbons (Fsp3) is 0.333. The van der Waals surface area contributed by atoms with Crippen molar-refractivity contribution in [3.8, 4) is 11.5 Å². The van der Waals surface area contributed by atoms with Gasteiger partial charge in [0.2, 0.25) is 15.8 Å². The Bertz CT molecular complexity index is 1150. The summed E-state index contributed by atoms with van der Waals surface area (Å²) in [7, 11) is -6.94. The normalized spacial score (nSPS) is 17.9. The van der Waals surface area contributed by atoms with Crippen LogP contribution in [0.25, 0.3) is 0 Å². The van der Waals surface area contributed by atoms with Crippen molar-refractivity contribution in [2.75, 3.05) is 26.2 Å². The first kappa shape index (κ1) is 21.9. The van der Waals surface area contributed by atoms with Gasteiger partial charge in [-0.25, -0.2) is 22.9 Å². The van der Waals surface area contributed by atoms with Crippen molar-refractivity contribution in [1.29, 1.82) is 0 Å². The van der Waals surface area contributed by atoms with Crippen molar-refractivity contribution in [3.05, 3.63) is 58.1 Å². The molecule has 1 unspecified atom stereocenters. The first-order valence-corrected chi connectivity index (χ1v) is 12.5. The van der Waals surface area contributed by atoms with Gasteiger partial charge in [-0.1, -0.05) is 0 Å². The SMILES string of the molecule is CC(OP(=O)(N1CC1)N1CC1)c1ccc([N+](=O)[O-])c(Oc2ccc(S(N)(=O)=O)cc2)c1. The molecule has 31 heavy (non-hydrogen) atoms. The molecule has 2 saturated heterocycles. The monoisotopic (exact) mass is 468 g/mol. The number of benzene rings is 2. The van der Waals surface area contributed by atoms with Crippen LogP contribution in [0.1, 0.15) is 18.6 Å². The highest BCUT2D eigenvalue weighted by atomic mass is 32.2. The van der Waals surface area contributed by atoms with Gasteiger partial charge >= 0.3 is 13.4 Å². The third kappa shape index (κ3) is 4.79. The van der Waals surface area contributed by atoms with Crippen molar-refractivity contribution >= 4 is 23.4 Å². The molecule has 0 aliphatic carbocycles.